The van der Waals surface area contributed by atoms with Crippen molar-refractivity contribution in [2.45, 2.75) is 19.3 Å². The average Bonchev–Trinajstić information content (AvgIpc) is 2.55. The highest BCUT2D eigenvalue weighted by atomic mass is 16.1. The Hall–Kier alpha value is -2.41. The smallest absolute Gasteiger partial charge is 0.146 e. The standard InChI is InChI=1S/C20H18O/c21-15-18(12-16-6-2-1-3-7-16)13-17-10-11-19-8-4-5-9-20(19)14-17/h1-9,13-15H,10-12H2. The molecule has 0 N–H and O–H groups in total. The summed E-state index contributed by atoms with van der Waals surface area (Å²) in [7, 11) is 0. The van der Waals surface area contributed by atoms with Crippen molar-refractivity contribution in [2.24, 2.45) is 0 Å². The van der Waals surface area contributed by atoms with Crippen LogP contribution in [-0.2, 0) is 17.6 Å². The van der Waals surface area contributed by atoms with E-state index in [1.54, 1.807) is 0 Å². The molecular weight excluding hydrogens is 256 g/mol. The summed E-state index contributed by atoms with van der Waals surface area (Å²) in [6.07, 6.45) is 7.99. The Morgan fingerprint density at radius 3 is 2.52 bits per heavy atom. The van der Waals surface area contributed by atoms with Crippen LogP contribution in [0.5, 0.6) is 0 Å². The van der Waals surface area contributed by atoms with Gasteiger partial charge in [0.15, 0.2) is 0 Å². The minimum Gasteiger partial charge on any atom is -0.298 e. The van der Waals surface area contributed by atoms with Crippen LogP contribution in [0, 0.1) is 0 Å². The first-order valence-corrected chi connectivity index (χ1v) is 7.33. The number of allylic oxidation sites excluding steroid dienone is 3. The van der Waals surface area contributed by atoms with Gasteiger partial charge in [0.25, 0.3) is 0 Å². The number of rotatable bonds is 4. The number of aryl methyl sites for hydroxylation is 1. The number of aldehydes is 1. The predicted octanol–water partition coefficient (Wildman–Crippen LogP) is 4.38. The lowest BCUT2D eigenvalue weighted by molar-refractivity contribution is -0.105. The fourth-order valence-electron chi connectivity index (χ4n) is 2.76. The summed E-state index contributed by atoms with van der Waals surface area (Å²) >= 11 is 0. The predicted molar refractivity (Wildman–Crippen MR) is 87.0 cm³/mol. The highest BCUT2D eigenvalue weighted by molar-refractivity contribution is 5.76. The molecule has 0 heterocycles. The van der Waals surface area contributed by atoms with E-state index in [4.69, 9.17) is 0 Å². The molecule has 0 atom stereocenters. The summed E-state index contributed by atoms with van der Waals surface area (Å²) in [6, 6.07) is 18.6. The third kappa shape index (κ3) is 3.38. The summed E-state index contributed by atoms with van der Waals surface area (Å²) in [5.41, 5.74) is 5.93. The van der Waals surface area contributed by atoms with Gasteiger partial charge in [-0.05, 0) is 40.7 Å². The van der Waals surface area contributed by atoms with Gasteiger partial charge in [0.1, 0.15) is 6.29 Å². The van der Waals surface area contributed by atoms with Crippen molar-refractivity contribution in [3.8, 4) is 0 Å². The molecule has 0 saturated heterocycles. The van der Waals surface area contributed by atoms with Crippen LogP contribution in [0.1, 0.15) is 23.1 Å². The van der Waals surface area contributed by atoms with E-state index >= 15 is 0 Å². The Bertz CT molecular complexity index is 693. The van der Waals surface area contributed by atoms with E-state index in [0.29, 0.717) is 6.42 Å². The summed E-state index contributed by atoms with van der Waals surface area (Å²) in [6.45, 7) is 0. The molecule has 2 aromatic rings. The Kier molecular flexibility index (Phi) is 4.11. The first kappa shape index (κ1) is 13.6. The molecule has 0 aliphatic heterocycles. The molecule has 1 heteroatoms. The Labute approximate surface area is 125 Å². The second-order valence-electron chi connectivity index (χ2n) is 5.42. The van der Waals surface area contributed by atoms with Crippen LogP contribution >= 0.6 is 0 Å². The van der Waals surface area contributed by atoms with Gasteiger partial charge < -0.3 is 0 Å². The zero-order valence-corrected chi connectivity index (χ0v) is 12.0. The van der Waals surface area contributed by atoms with Gasteiger partial charge >= 0.3 is 0 Å². The Morgan fingerprint density at radius 2 is 1.71 bits per heavy atom. The highest BCUT2D eigenvalue weighted by Gasteiger charge is 2.09. The molecule has 0 aromatic heterocycles. The van der Waals surface area contributed by atoms with Crippen molar-refractivity contribution in [3.05, 3.63) is 88.5 Å². The van der Waals surface area contributed by atoms with Crippen LogP contribution in [0.25, 0.3) is 6.08 Å². The SMILES string of the molecule is O=CC(=CC1=Cc2ccccc2CC1)Cc1ccccc1. The van der Waals surface area contributed by atoms with Gasteiger partial charge in [-0.1, -0.05) is 66.7 Å². The van der Waals surface area contributed by atoms with Crippen LogP contribution in [0.15, 0.2) is 71.8 Å². The topological polar surface area (TPSA) is 17.1 Å². The Balaban J connectivity index is 1.83. The van der Waals surface area contributed by atoms with Gasteiger partial charge in [-0.3, -0.25) is 4.79 Å². The van der Waals surface area contributed by atoms with Crippen LogP contribution in [0.4, 0.5) is 0 Å². The summed E-state index contributed by atoms with van der Waals surface area (Å²) in [5, 5.41) is 0. The van der Waals surface area contributed by atoms with E-state index in [1.165, 1.54) is 22.3 Å². The van der Waals surface area contributed by atoms with Gasteiger partial charge in [0, 0.05) is 6.42 Å². The molecule has 0 spiro atoms. The number of carbonyl (C=O) groups excluding carboxylic acids is 1. The van der Waals surface area contributed by atoms with E-state index in [1.807, 2.05) is 18.2 Å². The van der Waals surface area contributed by atoms with Crippen molar-refractivity contribution < 1.29 is 4.79 Å². The van der Waals surface area contributed by atoms with Crippen LogP contribution in [-0.4, -0.2) is 6.29 Å². The highest BCUT2D eigenvalue weighted by Crippen LogP contribution is 2.25. The largest absolute Gasteiger partial charge is 0.298 e. The van der Waals surface area contributed by atoms with Crippen molar-refractivity contribution in [3.63, 3.8) is 0 Å². The zero-order chi connectivity index (χ0) is 14.5. The molecule has 0 saturated carbocycles. The van der Waals surface area contributed by atoms with Crippen LogP contribution in [0.2, 0.25) is 0 Å². The molecule has 1 aliphatic rings. The molecule has 21 heavy (non-hydrogen) atoms. The van der Waals surface area contributed by atoms with Crippen LogP contribution < -0.4 is 0 Å². The van der Waals surface area contributed by atoms with E-state index in [9.17, 15) is 4.79 Å². The minimum absolute atomic E-state index is 0.698. The summed E-state index contributed by atoms with van der Waals surface area (Å²) in [5.74, 6) is 0. The summed E-state index contributed by atoms with van der Waals surface area (Å²) in [4.78, 5) is 11.3. The van der Waals surface area contributed by atoms with Gasteiger partial charge in [0.05, 0.1) is 0 Å². The Morgan fingerprint density at radius 1 is 0.952 bits per heavy atom. The molecule has 1 nitrogen and oxygen atoms in total. The number of hydrogen-bond donors (Lipinski definition) is 0. The molecule has 3 rings (SSSR count). The van der Waals surface area contributed by atoms with Crippen molar-refractivity contribution in [1.82, 2.24) is 0 Å². The lowest BCUT2D eigenvalue weighted by atomic mass is 9.91. The lowest BCUT2D eigenvalue weighted by Crippen LogP contribution is -1.99. The minimum atomic E-state index is 0.698. The number of hydrogen-bond acceptors (Lipinski definition) is 1. The van der Waals surface area contributed by atoms with E-state index in [-0.39, 0.29) is 0 Å². The molecule has 0 radical (unpaired) electrons. The molecule has 1 aliphatic carbocycles. The first-order valence-electron chi connectivity index (χ1n) is 7.33. The monoisotopic (exact) mass is 274 g/mol. The van der Waals surface area contributed by atoms with Crippen molar-refractivity contribution in [1.29, 1.82) is 0 Å². The maximum atomic E-state index is 11.3. The van der Waals surface area contributed by atoms with Gasteiger partial charge in [-0.2, -0.15) is 0 Å². The molecule has 2 aromatic carbocycles. The molecular formula is C20H18O. The molecule has 0 amide bonds. The number of fused-ring (bicyclic) bond motifs is 1. The van der Waals surface area contributed by atoms with Crippen molar-refractivity contribution >= 4 is 12.4 Å². The van der Waals surface area contributed by atoms with E-state index < -0.39 is 0 Å². The third-order valence-electron chi connectivity index (χ3n) is 3.85. The van der Waals surface area contributed by atoms with Gasteiger partial charge in [0.2, 0.25) is 0 Å². The zero-order valence-electron chi connectivity index (χ0n) is 12.0. The molecule has 0 unspecified atom stereocenters. The van der Waals surface area contributed by atoms with Crippen LogP contribution in [0.3, 0.4) is 0 Å². The first-order chi connectivity index (χ1) is 10.3. The molecule has 104 valence electrons. The fourth-order valence-corrected chi connectivity index (χ4v) is 2.76. The summed E-state index contributed by atoms with van der Waals surface area (Å²) < 4.78 is 0. The van der Waals surface area contributed by atoms with Gasteiger partial charge in [-0.25, -0.2) is 0 Å². The maximum absolute atomic E-state index is 11.3. The average molecular weight is 274 g/mol. The number of carbonyl (C=O) groups is 1. The maximum Gasteiger partial charge on any atom is 0.146 e. The van der Waals surface area contributed by atoms with E-state index in [0.717, 1.165) is 24.7 Å². The second kappa shape index (κ2) is 6.36. The quantitative estimate of drug-likeness (QED) is 0.597. The fraction of sp³-hybridized carbons (Fsp3) is 0.150. The van der Waals surface area contributed by atoms with E-state index in [2.05, 4.69) is 48.6 Å². The molecule has 0 bridgehead atoms. The van der Waals surface area contributed by atoms with Crippen molar-refractivity contribution in [2.75, 3.05) is 0 Å². The number of benzene rings is 2. The molecule has 0 fully saturated rings. The normalized spacial score (nSPS) is 14.3. The second-order valence-corrected chi connectivity index (χ2v) is 5.42. The third-order valence-corrected chi connectivity index (χ3v) is 3.85. The lowest BCUT2D eigenvalue weighted by Gasteiger charge is -2.14. The van der Waals surface area contributed by atoms with Gasteiger partial charge in [-0.15, -0.1) is 0 Å².